The highest BCUT2D eigenvalue weighted by atomic mass is 35.5. The number of ether oxygens (including phenoxy) is 2. The zero-order valence-electron chi connectivity index (χ0n) is 11.5. The molecule has 1 aliphatic rings. The van der Waals surface area contributed by atoms with Crippen LogP contribution in [-0.4, -0.2) is 24.2 Å². The molecule has 0 saturated carbocycles. The largest absolute Gasteiger partial charge is 0.487 e. The molecule has 5 nitrogen and oxygen atoms in total. The van der Waals surface area contributed by atoms with Crippen LogP contribution in [0.1, 0.15) is 5.56 Å². The molecule has 2 aromatic rings. The standard InChI is InChI=1S/C15H12Cl2N2O3/c16-12-2-1-3-13(17)11(12)9-22-10-4-5-14(18-8-10)19-6-7-21-15(19)20/h1-5,8H,6-7,9H2. The summed E-state index contributed by atoms with van der Waals surface area (Å²) in [7, 11) is 0. The van der Waals surface area contributed by atoms with E-state index in [9.17, 15) is 4.79 Å². The average Bonchev–Trinajstić information content (AvgIpc) is 2.93. The Kier molecular flexibility index (Phi) is 4.36. The summed E-state index contributed by atoms with van der Waals surface area (Å²) in [6.07, 6.45) is 1.16. The molecule has 22 heavy (non-hydrogen) atoms. The van der Waals surface area contributed by atoms with Crippen LogP contribution in [-0.2, 0) is 11.3 Å². The van der Waals surface area contributed by atoms with Gasteiger partial charge in [0.15, 0.2) is 0 Å². The highest BCUT2D eigenvalue weighted by Crippen LogP contribution is 2.26. The Bertz CT molecular complexity index is 671. The summed E-state index contributed by atoms with van der Waals surface area (Å²) in [5.41, 5.74) is 0.720. The van der Waals surface area contributed by atoms with Crippen molar-refractivity contribution in [3.05, 3.63) is 52.1 Å². The van der Waals surface area contributed by atoms with E-state index in [0.29, 0.717) is 34.8 Å². The fourth-order valence-corrected chi connectivity index (χ4v) is 2.55. The van der Waals surface area contributed by atoms with Crippen molar-refractivity contribution in [2.45, 2.75) is 6.61 Å². The maximum Gasteiger partial charge on any atom is 0.415 e. The van der Waals surface area contributed by atoms with E-state index >= 15 is 0 Å². The fourth-order valence-electron chi connectivity index (χ4n) is 2.04. The molecule has 1 amide bonds. The van der Waals surface area contributed by atoms with Crippen LogP contribution in [0.2, 0.25) is 10.0 Å². The number of benzene rings is 1. The van der Waals surface area contributed by atoms with Crippen molar-refractivity contribution in [2.24, 2.45) is 0 Å². The lowest BCUT2D eigenvalue weighted by molar-refractivity contribution is 0.181. The molecule has 1 fully saturated rings. The van der Waals surface area contributed by atoms with Crippen LogP contribution >= 0.6 is 23.2 Å². The smallest absolute Gasteiger partial charge is 0.415 e. The molecule has 0 radical (unpaired) electrons. The normalized spacial score (nSPS) is 14.1. The van der Waals surface area contributed by atoms with Gasteiger partial charge in [-0.15, -0.1) is 0 Å². The van der Waals surface area contributed by atoms with E-state index in [0.717, 1.165) is 5.56 Å². The van der Waals surface area contributed by atoms with E-state index in [4.69, 9.17) is 32.7 Å². The predicted octanol–water partition coefficient (Wildman–Crippen LogP) is 3.92. The Morgan fingerprint density at radius 1 is 1.23 bits per heavy atom. The number of anilines is 1. The number of cyclic esters (lactones) is 1. The third-order valence-corrected chi connectivity index (χ3v) is 3.91. The number of nitrogens with zero attached hydrogens (tertiary/aromatic N) is 2. The van der Waals surface area contributed by atoms with E-state index in [2.05, 4.69) is 4.98 Å². The van der Waals surface area contributed by atoms with Crippen molar-refractivity contribution in [3.8, 4) is 5.75 Å². The number of hydrogen-bond donors (Lipinski definition) is 0. The van der Waals surface area contributed by atoms with Crippen molar-refractivity contribution in [2.75, 3.05) is 18.1 Å². The van der Waals surface area contributed by atoms with Gasteiger partial charge in [0.05, 0.1) is 12.7 Å². The summed E-state index contributed by atoms with van der Waals surface area (Å²) < 4.78 is 10.5. The van der Waals surface area contributed by atoms with Gasteiger partial charge in [0.25, 0.3) is 0 Å². The Balaban J connectivity index is 1.68. The molecule has 0 N–H and O–H groups in total. The first-order valence-corrected chi connectivity index (χ1v) is 7.37. The van der Waals surface area contributed by atoms with Gasteiger partial charge in [-0.05, 0) is 24.3 Å². The fraction of sp³-hybridized carbons (Fsp3) is 0.200. The van der Waals surface area contributed by atoms with E-state index in [1.54, 1.807) is 36.5 Å². The van der Waals surface area contributed by atoms with Gasteiger partial charge < -0.3 is 9.47 Å². The molecule has 2 heterocycles. The molecule has 0 bridgehead atoms. The second-order valence-electron chi connectivity index (χ2n) is 4.61. The summed E-state index contributed by atoms with van der Waals surface area (Å²) in [5, 5.41) is 1.11. The molecular weight excluding hydrogens is 327 g/mol. The van der Waals surface area contributed by atoms with Crippen molar-refractivity contribution in [1.82, 2.24) is 4.98 Å². The monoisotopic (exact) mass is 338 g/mol. The van der Waals surface area contributed by atoms with Gasteiger partial charge in [0.2, 0.25) is 0 Å². The molecule has 1 aromatic carbocycles. The number of carbonyl (C=O) groups is 1. The summed E-state index contributed by atoms with van der Waals surface area (Å²) in [5.74, 6) is 1.10. The first kappa shape index (κ1) is 14.9. The molecular formula is C15H12Cl2N2O3. The van der Waals surface area contributed by atoms with Gasteiger partial charge in [0.1, 0.15) is 24.8 Å². The van der Waals surface area contributed by atoms with E-state index in [-0.39, 0.29) is 12.7 Å². The molecule has 1 aliphatic heterocycles. The molecule has 0 atom stereocenters. The van der Waals surface area contributed by atoms with Crippen molar-refractivity contribution < 1.29 is 14.3 Å². The maximum absolute atomic E-state index is 11.4. The third-order valence-electron chi connectivity index (χ3n) is 3.20. The van der Waals surface area contributed by atoms with Crippen molar-refractivity contribution >= 4 is 35.1 Å². The lowest BCUT2D eigenvalue weighted by Gasteiger charge is -2.13. The van der Waals surface area contributed by atoms with E-state index in [1.807, 2.05) is 0 Å². The summed E-state index contributed by atoms with van der Waals surface area (Å²) in [6, 6.07) is 8.73. The van der Waals surface area contributed by atoms with E-state index < -0.39 is 0 Å². The molecule has 0 unspecified atom stereocenters. The average molecular weight is 339 g/mol. The summed E-state index contributed by atoms with van der Waals surface area (Å²) in [4.78, 5) is 17.1. The number of aromatic nitrogens is 1. The summed E-state index contributed by atoms with van der Waals surface area (Å²) >= 11 is 12.2. The van der Waals surface area contributed by atoms with Gasteiger partial charge in [-0.1, -0.05) is 29.3 Å². The SMILES string of the molecule is O=C1OCCN1c1ccc(OCc2c(Cl)cccc2Cl)cn1. The minimum Gasteiger partial charge on any atom is -0.487 e. The van der Waals surface area contributed by atoms with Crippen LogP contribution in [0.15, 0.2) is 36.5 Å². The minimum absolute atomic E-state index is 0.241. The first-order valence-electron chi connectivity index (χ1n) is 6.61. The van der Waals surface area contributed by atoms with Crippen molar-refractivity contribution in [3.63, 3.8) is 0 Å². The zero-order chi connectivity index (χ0) is 15.5. The quantitative estimate of drug-likeness (QED) is 0.847. The molecule has 7 heteroatoms. The lowest BCUT2D eigenvalue weighted by atomic mass is 10.2. The first-order chi connectivity index (χ1) is 10.6. The number of rotatable bonds is 4. The third kappa shape index (κ3) is 3.10. The maximum atomic E-state index is 11.4. The Labute approximate surface area is 137 Å². The van der Waals surface area contributed by atoms with Crippen LogP contribution < -0.4 is 9.64 Å². The highest BCUT2D eigenvalue weighted by molar-refractivity contribution is 6.35. The molecule has 1 aromatic heterocycles. The Hall–Kier alpha value is -1.98. The van der Waals surface area contributed by atoms with Crippen LogP contribution in [0.3, 0.4) is 0 Å². The number of amides is 1. The second-order valence-corrected chi connectivity index (χ2v) is 5.42. The Morgan fingerprint density at radius 2 is 2.00 bits per heavy atom. The van der Waals surface area contributed by atoms with Gasteiger partial charge in [-0.25, -0.2) is 9.78 Å². The number of carbonyl (C=O) groups excluding carboxylic acids is 1. The lowest BCUT2D eigenvalue weighted by Crippen LogP contribution is -2.24. The molecule has 114 valence electrons. The molecule has 0 spiro atoms. The van der Waals surface area contributed by atoms with Gasteiger partial charge in [-0.3, -0.25) is 4.90 Å². The summed E-state index contributed by atoms with van der Waals surface area (Å²) in [6.45, 7) is 1.12. The highest BCUT2D eigenvalue weighted by Gasteiger charge is 2.24. The Morgan fingerprint density at radius 3 is 2.59 bits per heavy atom. The topological polar surface area (TPSA) is 51.7 Å². The molecule has 3 rings (SSSR count). The number of pyridine rings is 1. The predicted molar refractivity (Wildman–Crippen MR) is 83.7 cm³/mol. The van der Waals surface area contributed by atoms with Crippen LogP contribution in [0.5, 0.6) is 5.75 Å². The van der Waals surface area contributed by atoms with Gasteiger partial charge >= 0.3 is 6.09 Å². The van der Waals surface area contributed by atoms with Gasteiger partial charge in [-0.2, -0.15) is 0 Å². The zero-order valence-corrected chi connectivity index (χ0v) is 13.0. The number of hydrogen-bond acceptors (Lipinski definition) is 4. The molecule has 0 aliphatic carbocycles. The van der Waals surface area contributed by atoms with E-state index in [1.165, 1.54) is 4.90 Å². The minimum atomic E-state index is -0.385. The van der Waals surface area contributed by atoms with Crippen LogP contribution in [0.25, 0.3) is 0 Å². The van der Waals surface area contributed by atoms with Crippen LogP contribution in [0.4, 0.5) is 10.6 Å². The van der Waals surface area contributed by atoms with Crippen molar-refractivity contribution in [1.29, 1.82) is 0 Å². The second kappa shape index (κ2) is 6.42. The van der Waals surface area contributed by atoms with Gasteiger partial charge in [0, 0.05) is 15.6 Å². The number of halogens is 2. The molecule has 1 saturated heterocycles. The van der Waals surface area contributed by atoms with Crippen LogP contribution in [0, 0.1) is 0 Å².